The smallest absolute Gasteiger partial charge is 0.254 e. The monoisotopic (exact) mass is 265 g/mol. The van der Waals surface area contributed by atoms with Crippen LogP contribution in [-0.2, 0) is 4.79 Å². The van der Waals surface area contributed by atoms with E-state index in [9.17, 15) is 14.0 Å². The number of likely N-dealkylation sites (tertiary alicyclic amines) is 1. The van der Waals surface area contributed by atoms with Crippen molar-refractivity contribution in [1.82, 2.24) is 4.90 Å². The Balaban J connectivity index is 2.26. The van der Waals surface area contributed by atoms with Gasteiger partial charge in [0.2, 0.25) is 5.91 Å². The molecule has 0 aliphatic carbocycles. The van der Waals surface area contributed by atoms with E-state index in [-0.39, 0.29) is 17.2 Å². The van der Waals surface area contributed by atoms with Crippen LogP contribution in [0.2, 0.25) is 0 Å². The van der Waals surface area contributed by atoms with Crippen molar-refractivity contribution in [2.45, 2.75) is 25.3 Å². The molecule has 1 aromatic rings. The molecule has 4 N–H and O–H groups in total. The van der Waals surface area contributed by atoms with Crippen LogP contribution in [0.5, 0.6) is 0 Å². The van der Waals surface area contributed by atoms with Crippen molar-refractivity contribution < 1.29 is 14.0 Å². The first kappa shape index (κ1) is 13.3. The highest BCUT2D eigenvalue weighted by molar-refractivity contribution is 5.98. The van der Waals surface area contributed by atoms with Crippen molar-refractivity contribution in [3.63, 3.8) is 0 Å². The van der Waals surface area contributed by atoms with Gasteiger partial charge in [0.1, 0.15) is 11.9 Å². The Bertz CT molecular complexity index is 519. The van der Waals surface area contributed by atoms with Gasteiger partial charge in [-0.2, -0.15) is 0 Å². The molecule has 0 saturated carbocycles. The number of anilines is 1. The van der Waals surface area contributed by atoms with E-state index in [1.807, 2.05) is 0 Å². The van der Waals surface area contributed by atoms with Gasteiger partial charge in [-0.25, -0.2) is 4.39 Å². The summed E-state index contributed by atoms with van der Waals surface area (Å²) in [6.07, 6.45) is 2.26. The second-order valence-electron chi connectivity index (χ2n) is 4.65. The maximum absolute atomic E-state index is 13.1. The van der Waals surface area contributed by atoms with Crippen molar-refractivity contribution in [2.75, 3.05) is 12.3 Å². The normalized spacial score (nSPS) is 19.2. The van der Waals surface area contributed by atoms with Gasteiger partial charge in [0.15, 0.2) is 0 Å². The summed E-state index contributed by atoms with van der Waals surface area (Å²) in [6, 6.07) is 3.20. The number of primary amides is 1. The number of nitrogens with two attached hydrogens (primary N) is 2. The predicted molar refractivity (Wildman–Crippen MR) is 68.7 cm³/mol. The number of halogens is 1. The number of carbonyl (C=O) groups excluding carboxylic acids is 2. The summed E-state index contributed by atoms with van der Waals surface area (Å²) >= 11 is 0. The maximum Gasteiger partial charge on any atom is 0.254 e. The number of amides is 2. The Labute approximate surface area is 110 Å². The van der Waals surface area contributed by atoms with E-state index in [4.69, 9.17) is 11.5 Å². The van der Waals surface area contributed by atoms with Crippen LogP contribution < -0.4 is 11.5 Å². The molecule has 5 nitrogen and oxygen atoms in total. The molecule has 0 bridgehead atoms. The summed E-state index contributed by atoms with van der Waals surface area (Å²) in [5, 5.41) is 0. The van der Waals surface area contributed by atoms with E-state index < -0.39 is 17.8 Å². The molecule has 2 amide bonds. The molecule has 2 rings (SSSR count). The predicted octanol–water partition coefficient (Wildman–Crippen LogP) is 0.888. The molecule has 1 unspecified atom stereocenters. The van der Waals surface area contributed by atoms with Crippen LogP contribution in [-0.4, -0.2) is 29.3 Å². The van der Waals surface area contributed by atoms with Crippen molar-refractivity contribution in [3.8, 4) is 0 Å². The minimum Gasteiger partial charge on any atom is -0.396 e. The van der Waals surface area contributed by atoms with Gasteiger partial charge in [-0.1, -0.05) is 0 Å². The van der Waals surface area contributed by atoms with E-state index in [1.54, 1.807) is 0 Å². The van der Waals surface area contributed by atoms with E-state index in [2.05, 4.69) is 0 Å². The van der Waals surface area contributed by atoms with Crippen molar-refractivity contribution in [3.05, 3.63) is 29.6 Å². The fraction of sp³-hybridized carbons (Fsp3) is 0.385. The summed E-state index contributed by atoms with van der Waals surface area (Å²) in [4.78, 5) is 25.1. The number of hydrogen-bond donors (Lipinski definition) is 2. The summed E-state index contributed by atoms with van der Waals surface area (Å²) < 4.78 is 13.1. The first-order chi connectivity index (χ1) is 9.00. The zero-order valence-electron chi connectivity index (χ0n) is 10.4. The van der Waals surface area contributed by atoms with Gasteiger partial charge < -0.3 is 16.4 Å². The van der Waals surface area contributed by atoms with Crippen LogP contribution in [0.3, 0.4) is 0 Å². The number of benzene rings is 1. The molecule has 0 spiro atoms. The molecule has 19 heavy (non-hydrogen) atoms. The first-order valence-electron chi connectivity index (χ1n) is 6.16. The number of carbonyl (C=O) groups is 2. The van der Waals surface area contributed by atoms with Gasteiger partial charge >= 0.3 is 0 Å². The van der Waals surface area contributed by atoms with Crippen LogP contribution in [0.1, 0.15) is 29.6 Å². The van der Waals surface area contributed by atoms with Gasteiger partial charge in [-0.15, -0.1) is 0 Å². The van der Waals surface area contributed by atoms with Gasteiger partial charge in [0, 0.05) is 12.1 Å². The Hall–Kier alpha value is -2.11. The van der Waals surface area contributed by atoms with Crippen LogP contribution in [0.15, 0.2) is 18.2 Å². The zero-order chi connectivity index (χ0) is 14.0. The summed E-state index contributed by atoms with van der Waals surface area (Å²) in [5.74, 6) is -1.42. The molecule has 102 valence electrons. The fourth-order valence-corrected chi connectivity index (χ4v) is 2.31. The highest BCUT2D eigenvalue weighted by atomic mass is 19.1. The third-order valence-electron chi connectivity index (χ3n) is 3.34. The molecule has 1 aliphatic rings. The number of rotatable bonds is 2. The average molecular weight is 265 g/mol. The molecule has 1 aliphatic heterocycles. The fourth-order valence-electron chi connectivity index (χ4n) is 2.31. The lowest BCUT2D eigenvalue weighted by Crippen LogP contribution is -2.50. The third kappa shape index (κ3) is 2.67. The number of nitrogen functional groups attached to an aromatic ring is 1. The Morgan fingerprint density at radius 3 is 2.68 bits per heavy atom. The molecule has 1 saturated heterocycles. The van der Waals surface area contributed by atoms with Crippen molar-refractivity contribution in [1.29, 1.82) is 0 Å². The molecule has 1 fully saturated rings. The lowest BCUT2D eigenvalue weighted by atomic mass is 10.00. The zero-order valence-corrected chi connectivity index (χ0v) is 10.4. The minimum absolute atomic E-state index is 0.0847. The lowest BCUT2D eigenvalue weighted by molar-refractivity contribution is -0.123. The van der Waals surface area contributed by atoms with E-state index in [1.165, 1.54) is 17.0 Å². The van der Waals surface area contributed by atoms with Crippen LogP contribution in [0.4, 0.5) is 10.1 Å². The Morgan fingerprint density at radius 1 is 1.32 bits per heavy atom. The van der Waals surface area contributed by atoms with Crippen molar-refractivity contribution in [2.24, 2.45) is 5.73 Å². The first-order valence-corrected chi connectivity index (χ1v) is 6.16. The Kier molecular flexibility index (Phi) is 3.69. The molecule has 0 aromatic heterocycles. The van der Waals surface area contributed by atoms with E-state index in [0.717, 1.165) is 18.9 Å². The largest absolute Gasteiger partial charge is 0.396 e. The van der Waals surface area contributed by atoms with Crippen molar-refractivity contribution >= 4 is 17.5 Å². The highest BCUT2D eigenvalue weighted by Crippen LogP contribution is 2.21. The number of piperidine rings is 1. The quantitative estimate of drug-likeness (QED) is 0.778. The third-order valence-corrected chi connectivity index (χ3v) is 3.34. The lowest BCUT2D eigenvalue weighted by Gasteiger charge is -2.33. The molecule has 6 heteroatoms. The molecule has 1 atom stereocenters. The molecular weight excluding hydrogens is 249 g/mol. The minimum atomic E-state index is -0.590. The average Bonchev–Trinajstić information content (AvgIpc) is 2.41. The topological polar surface area (TPSA) is 89.4 Å². The summed E-state index contributed by atoms with van der Waals surface area (Å²) in [6.45, 7) is 0.476. The van der Waals surface area contributed by atoms with Gasteiger partial charge in [0.25, 0.3) is 5.91 Å². The van der Waals surface area contributed by atoms with Crippen LogP contribution in [0.25, 0.3) is 0 Å². The number of nitrogens with zero attached hydrogens (tertiary/aromatic N) is 1. The SMILES string of the molecule is NC(=O)C1CCCCN1C(=O)c1ccc(F)c(N)c1. The van der Waals surface area contributed by atoms with Crippen LogP contribution >= 0.6 is 0 Å². The molecule has 0 radical (unpaired) electrons. The van der Waals surface area contributed by atoms with Gasteiger partial charge in [0.05, 0.1) is 5.69 Å². The standard InChI is InChI=1S/C13H16FN3O2/c14-9-5-4-8(7-10(9)15)13(19)17-6-2-1-3-11(17)12(16)18/h4-5,7,11H,1-3,6,15H2,(H2,16,18). The summed E-state index contributed by atoms with van der Waals surface area (Å²) in [5.41, 5.74) is 10.9. The molecule has 1 heterocycles. The van der Waals surface area contributed by atoms with E-state index >= 15 is 0 Å². The van der Waals surface area contributed by atoms with Gasteiger partial charge in [-0.3, -0.25) is 9.59 Å². The summed E-state index contributed by atoms with van der Waals surface area (Å²) in [7, 11) is 0. The highest BCUT2D eigenvalue weighted by Gasteiger charge is 2.31. The van der Waals surface area contributed by atoms with Crippen LogP contribution in [0, 0.1) is 5.82 Å². The van der Waals surface area contributed by atoms with Gasteiger partial charge in [-0.05, 0) is 37.5 Å². The molecular formula is C13H16FN3O2. The Morgan fingerprint density at radius 2 is 2.05 bits per heavy atom. The maximum atomic E-state index is 13.1. The molecule has 1 aromatic carbocycles. The van der Waals surface area contributed by atoms with E-state index in [0.29, 0.717) is 13.0 Å². The second kappa shape index (κ2) is 5.26. The number of hydrogen-bond acceptors (Lipinski definition) is 3. The second-order valence-corrected chi connectivity index (χ2v) is 4.65.